The van der Waals surface area contributed by atoms with Crippen LogP contribution < -0.4 is 15.7 Å². The first kappa shape index (κ1) is 20.7. The van der Waals surface area contributed by atoms with Gasteiger partial charge >= 0.3 is 0 Å². The number of phenolic OH excluding ortho intramolecular Hbond substituents is 1. The van der Waals surface area contributed by atoms with E-state index in [4.69, 9.17) is 9.15 Å². The van der Waals surface area contributed by atoms with Crippen LogP contribution in [0.1, 0.15) is 25.0 Å². The van der Waals surface area contributed by atoms with Gasteiger partial charge in [-0.3, -0.25) is 9.59 Å². The molecule has 3 heterocycles. The van der Waals surface area contributed by atoms with Crippen molar-refractivity contribution in [3.05, 3.63) is 56.3 Å². The monoisotopic (exact) mass is 424 g/mol. The molecule has 0 saturated heterocycles. The Labute approximate surface area is 178 Å². The highest BCUT2D eigenvalue weighted by Gasteiger charge is 2.30. The van der Waals surface area contributed by atoms with E-state index in [2.05, 4.69) is 4.98 Å². The van der Waals surface area contributed by atoms with E-state index in [1.165, 1.54) is 18.5 Å². The molecule has 0 atom stereocenters. The molecule has 1 aliphatic heterocycles. The third-order valence-corrected chi connectivity index (χ3v) is 5.30. The number of hydrogen-bond donors (Lipinski definition) is 3. The summed E-state index contributed by atoms with van der Waals surface area (Å²) in [6.45, 7) is 4.45. The Morgan fingerprint density at radius 1 is 1.19 bits per heavy atom. The number of aromatic nitrogens is 1. The molecule has 4 rings (SSSR count). The highest BCUT2D eigenvalue weighted by Crippen LogP contribution is 2.44. The molecule has 3 N–H and O–H groups in total. The Bertz CT molecular complexity index is 1330. The van der Waals surface area contributed by atoms with E-state index in [9.17, 15) is 19.8 Å². The van der Waals surface area contributed by atoms with Crippen LogP contribution in [0.2, 0.25) is 0 Å². The largest absolute Gasteiger partial charge is 0.507 e. The summed E-state index contributed by atoms with van der Waals surface area (Å²) in [6.07, 6.45) is 6.74. The summed E-state index contributed by atoms with van der Waals surface area (Å²) in [5, 5.41) is 20.9. The molecule has 1 aliphatic rings. The second kappa shape index (κ2) is 7.31. The van der Waals surface area contributed by atoms with Gasteiger partial charge in [-0.2, -0.15) is 0 Å². The molecular weight excluding hydrogens is 400 g/mol. The van der Waals surface area contributed by atoms with Gasteiger partial charge in [-0.15, -0.1) is 0 Å². The average Bonchev–Trinajstić information content (AvgIpc) is 2.69. The molecule has 0 amide bonds. The molecule has 1 aromatic carbocycles. The number of rotatable bonds is 4. The van der Waals surface area contributed by atoms with Gasteiger partial charge < -0.3 is 29.3 Å². The number of ether oxygens (including phenoxy) is 1. The molecule has 8 heteroatoms. The van der Waals surface area contributed by atoms with Crippen molar-refractivity contribution < 1.29 is 19.4 Å². The lowest BCUT2D eigenvalue weighted by Gasteiger charge is -2.30. The Hall–Kier alpha value is -3.52. The van der Waals surface area contributed by atoms with E-state index in [-0.39, 0.29) is 27.8 Å². The second-order valence-corrected chi connectivity index (χ2v) is 8.45. The lowest BCUT2D eigenvalue weighted by molar-refractivity contribution is 0.156. The molecule has 0 saturated carbocycles. The molecule has 2 aromatic heterocycles. The highest BCUT2D eigenvalue weighted by atomic mass is 16.5. The molecule has 0 aliphatic carbocycles. The maximum absolute atomic E-state index is 13.4. The number of aromatic amines is 1. The fourth-order valence-corrected chi connectivity index (χ4v) is 3.65. The normalized spacial score (nSPS) is 14.6. The Morgan fingerprint density at radius 3 is 2.61 bits per heavy atom. The number of likely N-dealkylation sites (N-methyl/N-ethyl adjacent to an activating group) is 1. The van der Waals surface area contributed by atoms with Gasteiger partial charge in [-0.25, -0.2) is 0 Å². The van der Waals surface area contributed by atoms with Crippen molar-refractivity contribution in [1.29, 1.82) is 0 Å². The molecular formula is C23H24N2O6. The number of pyridine rings is 1. The van der Waals surface area contributed by atoms with Crippen LogP contribution in [0.15, 0.2) is 38.6 Å². The maximum Gasteiger partial charge on any atom is 0.290 e. The standard InChI is InChI=1S/C23H24N2O6/c1-23(2)7-5-14-20(31-23)13(6-8-25(3)4)18(27)17-19(28)15(11-30-21(14)17)12-9-16(26)22(29)24-10-12/h5,7,9-11,26-27H,6,8H2,1-4H3,(H,24,29). The lowest BCUT2D eigenvalue weighted by atomic mass is 9.94. The van der Waals surface area contributed by atoms with E-state index in [0.29, 0.717) is 29.8 Å². The van der Waals surface area contributed by atoms with Crippen molar-refractivity contribution in [3.63, 3.8) is 0 Å². The predicted molar refractivity (Wildman–Crippen MR) is 118 cm³/mol. The summed E-state index contributed by atoms with van der Waals surface area (Å²) in [5.74, 6) is -0.209. The van der Waals surface area contributed by atoms with E-state index in [0.717, 1.165) is 0 Å². The first-order valence-electron chi connectivity index (χ1n) is 9.87. The van der Waals surface area contributed by atoms with E-state index in [1.807, 2.05) is 45.0 Å². The SMILES string of the molecule is CN(C)CCc1c2c(c3occ(-c4c[nH]c(=O)c(O)c4)c(=O)c3c1O)C=CC(C)(C)O2. The molecule has 162 valence electrons. The van der Waals surface area contributed by atoms with Gasteiger partial charge in [0.1, 0.15) is 28.7 Å². The third-order valence-electron chi connectivity index (χ3n) is 5.30. The molecule has 0 unspecified atom stereocenters. The fourth-order valence-electron chi connectivity index (χ4n) is 3.65. The number of aromatic hydroxyl groups is 2. The lowest BCUT2D eigenvalue weighted by Crippen LogP contribution is -2.29. The third kappa shape index (κ3) is 3.59. The van der Waals surface area contributed by atoms with E-state index >= 15 is 0 Å². The summed E-state index contributed by atoms with van der Waals surface area (Å²) < 4.78 is 12.0. The molecule has 0 radical (unpaired) electrons. The van der Waals surface area contributed by atoms with Crippen molar-refractivity contribution in [1.82, 2.24) is 9.88 Å². The Morgan fingerprint density at radius 2 is 1.94 bits per heavy atom. The van der Waals surface area contributed by atoms with E-state index < -0.39 is 22.3 Å². The molecule has 8 nitrogen and oxygen atoms in total. The van der Waals surface area contributed by atoms with Gasteiger partial charge in [0.25, 0.3) is 5.56 Å². The maximum atomic E-state index is 13.4. The minimum absolute atomic E-state index is 0.0312. The van der Waals surface area contributed by atoms with Crippen molar-refractivity contribution in [3.8, 4) is 28.4 Å². The number of H-pyrrole nitrogens is 1. The van der Waals surface area contributed by atoms with Crippen LogP contribution in [0.5, 0.6) is 17.2 Å². The van der Waals surface area contributed by atoms with Crippen LogP contribution in [0.3, 0.4) is 0 Å². The zero-order chi connectivity index (χ0) is 22.5. The van der Waals surface area contributed by atoms with Crippen LogP contribution in [0.25, 0.3) is 28.2 Å². The summed E-state index contributed by atoms with van der Waals surface area (Å²) >= 11 is 0. The minimum atomic E-state index is -0.665. The predicted octanol–water partition coefficient (Wildman–Crippen LogP) is 2.85. The van der Waals surface area contributed by atoms with Crippen LogP contribution in [-0.2, 0) is 6.42 Å². The summed E-state index contributed by atoms with van der Waals surface area (Å²) in [5.41, 5.74) is 0.000256. The van der Waals surface area contributed by atoms with Crippen LogP contribution in [-0.4, -0.2) is 46.3 Å². The van der Waals surface area contributed by atoms with Gasteiger partial charge in [0.2, 0.25) is 5.43 Å². The average molecular weight is 424 g/mol. The first-order chi connectivity index (χ1) is 14.6. The quantitative estimate of drug-likeness (QED) is 0.590. The molecule has 0 bridgehead atoms. The zero-order valence-corrected chi connectivity index (χ0v) is 17.8. The fraction of sp³-hybridized carbons (Fsp3) is 0.304. The second-order valence-electron chi connectivity index (χ2n) is 8.45. The molecule has 0 fully saturated rings. The number of fused-ring (bicyclic) bond motifs is 3. The van der Waals surface area contributed by atoms with Gasteiger partial charge in [0.15, 0.2) is 11.3 Å². The number of hydrogen-bond acceptors (Lipinski definition) is 7. The smallest absolute Gasteiger partial charge is 0.290 e. The summed E-state index contributed by atoms with van der Waals surface area (Å²) in [7, 11) is 3.84. The van der Waals surface area contributed by atoms with E-state index in [1.54, 1.807) is 0 Å². The molecule has 31 heavy (non-hydrogen) atoms. The summed E-state index contributed by atoms with van der Waals surface area (Å²) in [4.78, 5) is 29.2. The zero-order valence-electron chi connectivity index (χ0n) is 17.8. The number of benzene rings is 1. The molecule has 3 aromatic rings. The number of nitrogens with one attached hydrogen (secondary N) is 1. The minimum Gasteiger partial charge on any atom is -0.507 e. The highest BCUT2D eigenvalue weighted by molar-refractivity contribution is 5.97. The topological polar surface area (TPSA) is 116 Å². The first-order valence-corrected chi connectivity index (χ1v) is 9.87. The number of nitrogens with zero attached hydrogens (tertiary/aromatic N) is 1. The van der Waals surface area contributed by atoms with Crippen molar-refractivity contribution >= 4 is 17.0 Å². The van der Waals surface area contributed by atoms with Gasteiger partial charge in [-0.1, -0.05) is 0 Å². The van der Waals surface area contributed by atoms with Crippen LogP contribution in [0, 0.1) is 0 Å². The summed E-state index contributed by atoms with van der Waals surface area (Å²) in [6, 6.07) is 1.19. The van der Waals surface area contributed by atoms with Crippen molar-refractivity contribution in [2.75, 3.05) is 20.6 Å². The van der Waals surface area contributed by atoms with Crippen LogP contribution in [0.4, 0.5) is 0 Å². The van der Waals surface area contributed by atoms with Gasteiger partial charge in [0, 0.05) is 23.9 Å². The van der Waals surface area contributed by atoms with Gasteiger partial charge in [0.05, 0.1) is 11.1 Å². The van der Waals surface area contributed by atoms with Crippen molar-refractivity contribution in [2.45, 2.75) is 25.9 Å². The Kier molecular flexibility index (Phi) is 4.89. The molecule has 0 spiro atoms. The van der Waals surface area contributed by atoms with Crippen molar-refractivity contribution in [2.24, 2.45) is 0 Å². The number of phenols is 1. The van der Waals surface area contributed by atoms with Crippen LogP contribution >= 0.6 is 0 Å². The van der Waals surface area contributed by atoms with Gasteiger partial charge in [-0.05, 0) is 52.6 Å². The Balaban J connectivity index is 2.02.